The lowest BCUT2D eigenvalue weighted by Gasteiger charge is -2.32. The highest BCUT2D eigenvalue weighted by molar-refractivity contribution is 6.61. The van der Waals surface area contributed by atoms with Gasteiger partial charge in [0.1, 0.15) is 0 Å². The van der Waals surface area contributed by atoms with Crippen LogP contribution in [0.2, 0.25) is 0 Å². The summed E-state index contributed by atoms with van der Waals surface area (Å²) in [6, 6.07) is 0. The van der Waals surface area contributed by atoms with Crippen LogP contribution in [0.5, 0.6) is 0 Å². The van der Waals surface area contributed by atoms with Gasteiger partial charge in [0, 0.05) is 12.4 Å². The van der Waals surface area contributed by atoms with Crippen molar-refractivity contribution in [2.75, 3.05) is 0 Å². The Bertz CT molecular complexity index is 652. The second kappa shape index (κ2) is 4.64. The standard InChI is InChI=1S/C14H19BN4O2/c1-10-6-17-19(9-10)12-8-16-7-11(18-12)15-20-13(2,3)14(4,5)21-15/h6-9H,1-5H3. The summed E-state index contributed by atoms with van der Waals surface area (Å²) in [6.07, 6.45) is 7.02. The molecule has 3 heterocycles. The van der Waals surface area contributed by atoms with Crippen molar-refractivity contribution in [1.29, 1.82) is 0 Å². The smallest absolute Gasteiger partial charge is 0.398 e. The molecule has 1 fully saturated rings. The van der Waals surface area contributed by atoms with Crippen molar-refractivity contribution in [3.05, 3.63) is 30.4 Å². The van der Waals surface area contributed by atoms with E-state index < -0.39 is 18.3 Å². The Morgan fingerprint density at radius 1 is 1.05 bits per heavy atom. The van der Waals surface area contributed by atoms with Crippen molar-refractivity contribution in [3.8, 4) is 5.82 Å². The van der Waals surface area contributed by atoms with Crippen LogP contribution in [0.3, 0.4) is 0 Å². The molecule has 2 aromatic rings. The van der Waals surface area contributed by atoms with E-state index in [1.165, 1.54) is 0 Å². The SMILES string of the molecule is Cc1cnn(-c2cncc(B3OC(C)(C)C(C)(C)O3)n2)c1. The van der Waals surface area contributed by atoms with Gasteiger partial charge in [-0.25, -0.2) is 9.67 Å². The molecule has 0 N–H and O–H groups in total. The zero-order chi connectivity index (χ0) is 15.3. The van der Waals surface area contributed by atoms with E-state index in [2.05, 4.69) is 15.1 Å². The summed E-state index contributed by atoms with van der Waals surface area (Å²) in [5.41, 5.74) is 0.937. The molecule has 110 valence electrons. The molecule has 1 aliphatic rings. The van der Waals surface area contributed by atoms with Gasteiger partial charge < -0.3 is 9.31 Å². The lowest BCUT2D eigenvalue weighted by atomic mass is 9.85. The number of hydrogen-bond donors (Lipinski definition) is 0. The van der Waals surface area contributed by atoms with Gasteiger partial charge in [0.05, 0.1) is 29.2 Å². The Hall–Kier alpha value is -1.73. The molecule has 0 saturated carbocycles. The van der Waals surface area contributed by atoms with Crippen LogP contribution in [-0.2, 0) is 9.31 Å². The predicted molar refractivity (Wildman–Crippen MR) is 79.6 cm³/mol. The highest BCUT2D eigenvalue weighted by Gasteiger charge is 2.52. The van der Waals surface area contributed by atoms with Gasteiger partial charge in [-0.2, -0.15) is 5.10 Å². The van der Waals surface area contributed by atoms with Crippen LogP contribution < -0.4 is 5.59 Å². The molecule has 3 rings (SSSR count). The average Bonchev–Trinajstić information content (AvgIpc) is 2.92. The molecule has 0 amide bonds. The van der Waals surface area contributed by atoms with Gasteiger partial charge in [-0.05, 0) is 40.2 Å². The van der Waals surface area contributed by atoms with Gasteiger partial charge in [-0.15, -0.1) is 0 Å². The first-order valence-corrected chi connectivity index (χ1v) is 6.98. The number of rotatable bonds is 2. The maximum absolute atomic E-state index is 5.99. The van der Waals surface area contributed by atoms with E-state index in [0.717, 1.165) is 5.56 Å². The molecule has 7 heteroatoms. The van der Waals surface area contributed by atoms with Gasteiger partial charge >= 0.3 is 7.12 Å². The van der Waals surface area contributed by atoms with Crippen LogP contribution >= 0.6 is 0 Å². The van der Waals surface area contributed by atoms with E-state index >= 15 is 0 Å². The molecule has 6 nitrogen and oxygen atoms in total. The first kappa shape index (κ1) is 14.2. The molecule has 0 aliphatic carbocycles. The highest BCUT2D eigenvalue weighted by atomic mass is 16.7. The summed E-state index contributed by atoms with van der Waals surface area (Å²) < 4.78 is 13.7. The van der Waals surface area contributed by atoms with Crippen molar-refractivity contribution >= 4 is 12.7 Å². The first-order valence-electron chi connectivity index (χ1n) is 6.98. The van der Waals surface area contributed by atoms with Crippen LogP contribution in [0.4, 0.5) is 0 Å². The molecular formula is C14H19BN4O2. The Morgan fingerprint density at radius 2 is 1.71 bits per heavy atom. The van der Waals surface area contributed by atoms with Crippen molar-refractivity contribution < 1.29 is 9.31 Å². The summed E-state index contributed by atoms with van der Waals surface area (Å²) in [5.74, 6) is 0.648. The van der Waals surface area contributed by atoms with Crippen molar-refractivity contribution in [1.82, 2.24) is 19.7 Å². The molecule has 0 radical (unpaired) electrons. The van der Waals surface area contributed by atoms with Crippen LogP contribution in [0.25, 0.3) is 5.82 Å². The molecule has 0 unspecified atom stereocenters. The molecule has 1 aliphatic heterocycles. The van der Waals surface area contributed by atoms with Gasteiger partial charge in [0.25, 0.3) is 0 Å². The van der Waals surface area contributed by atoms with E-state index in [0.29, 0.717) is 11.4 Å². The Kier molecular flexibility index (Phi) is 3.14. The monoisotopic (exact) mass is 286 g/mol. The number of aromatic nitrogens is 4. The van der Waals surface area contributed by atoms with E-state index in [-0.39, 0.29) is 0 Å². The third-order valence-corrected chi connectivity index (χ3v) is 4.08. The Labute approximate surface area is 124 Å². The van der Waals surface area contributed by atoms with Gasteiger partial charge in [-0.3, -0.25) is 4.98 Å². The molecule has 0 aromatic carbocycles. The minimum Gasteiger partial charge on any atom is -0.398 e. The lowest BCUT2D eigenvalue weighted by Crippen LogP contribution is -2.41. The van der Waals surface area contributed by atoms with Crippen LogP contribution in [0.1, 0.15) is 33.3 Å². The van der Waals surface area contributed by atoms with Crippen LogP contribution in [0.15, 0.2) is 24.8 Å². The molecule has 2 aromatic heterocycles. The van der Waals surface area contributed by atoms with E-state index in [9.17, 15) is 0 Å². The zero-order valence-corrected chi connectivity index (χ0v) is 13.0. The largest absolute Gasteiger partial charge is 0.516 e. The van der Waals surface area contributed by atoms with E-state index in [4.69, 9.17) is 9.31 Å². The molecule has 1 saturated heterocycles. The molecule has 0 atom stereocenters. The third kappa shape index (κ3) is 2.47. The van der Waals surface area contributed by atoms with Crippen molar-refractivity contribution in [2.24, 2.45) is 0 Å². The fourth-order valence-corrected chi connectivity index (χ4v) is 2.10. The summed E-state index contributed by atoms with van der Waals surface area (Å²) >= 11 is 0. The first-order chi connectivity index (χ1) is 9.78. The highest BCUT2D eigenvalue weighted by Crippen LogP contribution is 2.36. The average molecular weight is 286 g/mol. The topological polar surface area (TPSA) is 62.1 Å². The maximum Gasteiger partial charge on any atom is 0.516 e. The summed E-state index contributed by atoms with van der Waals surface area (Å²) in [6.45, 7) is 10.0. The van der Waals surface area contributed by atoms with Crippen molar-refractivity contribution in [2.45, 2.75) is 45.8 Å². The Balaban J connectivity index is 1.91. The second-order valence-electron chi connectivity index (χ2n) is 6.35. The van der Waals surface area contributed by atoms with Gasteiger partial charge in [0.2, 0.25) is 0 Å². The molecule has 21 heavy (non-hydrogen) atoms. The lowest BCUT2D eigenvalue weighted by molar-refractivity contribution is 0.00578. The maximum atomic E-state index is 5.99. The van der Waals surface area contributed by atoms with E-state index in [1.54, 1.807) is 23.3 Å². The molecule has 0 spiro atoms. The summed E-state index contributed by atoms with van der Waals surface area (Å²) in [7, 11) is -0.515. The second-order valence-corrected chi connectivity index (χ2v) is 6.35. The minimum atomic E-state index is -0.515. The fraction of sp³-hybridized carbons (Fsp3) is 0.500. The molecular weight excluding hydrogens is 267 g/mol. The summed E-state index contributed by atoms with van der Waals surface area (Å²) in [5, 5.41) is 4.24. The quantitative estimate of drug-likeness (QED) is 0.778. The van der Waals surface area contributed by atoms with Crippen molar-refractivity contribution in [3.63, 3.8) is 0 Å². The third-order valence-electron chi connectivity index (χ3n) is 4.08. The van der Waals surface area contributed by atoms with Gasteiger partial charge in [0.15, 0.2) is 5.82 Å². The predicted octanol–water partition coefficient (Wildman–Crippen LogP) is 1.27. The fourth-order valence-electron chi connectivity index (χ4n) is 2.10. The van der Waals surface area contributed by atoms with Crippen LogP contribution in [-0.4, -0.2) is 38.1 Å². The summed E-state index contributed by atoms with van der Waals surface area (Å²) in [4.78, 5) is 8.78. The van der Waals surface area contributed by atoms with E-state index in [1.807, 2.05) is 40.8 Å². The zero-order valence-electron chi connectivity index (χ0n) is 13.0. The number of nitrogens with zero attached hydrogens (tertiary/aromatic N) is 4. The minimum absolute atomic E-state index is 0.391. The number of hydrogen-bond acceptors (Lipinski definition) is 5. The molecule has 0 bridgehead atoms. The Morgan fingerprint density at radius 3 is 2.29 bits per heavy atom. The van der Waals surface area contributed by atoms with Crippen LogP contribution in [0, 0.1) is 6.92 Å². The number of aryl methyl sites for hydroxylation is 1. The van der Waals surface area contributed by atoms with Gasteiger partial charge in [-0.1, -0.05) is 0 Å². The normalized spacial score (nSPS) is 20.0.